The van der Waals surface area contributed by atoms with E-state index in [1.807, 2.05) is 6.92 Å². The number of hydrogen-bond acceptors (Lipinski definition) is 3. The second kappa shape index (κ2) is 5.41. The van der Waals surface area contributed by atoms with Crippen LogP contribution in [0.5, 0.6) is 0 Å². The molecule has 0 aromatic carbocycles. The molecule has 0 radical (unpaired) electrons. The van der Waals surface area contributed by atoms with Crippen LogP contribution in [-0.4, -0.2) is 12.6 Å². The molecule has 10 heavy (non-hydrogen) atoms. The zero-order valence-corrected chi connectivity index (χ0v) is 6.56. The lowest BCUT2D eigenvalue weighted by atomic mass is 10.1. The quantitative estimate of drug-likeness (QED) is 0.222. The van der Waals surface area contributed by atoms with Gasteiger partial charge >= 0.3 is 0 Å². The molecule has 0 saturated heterocycles. The molecule has 0 aliphatic heterocycles. The summed E-state index contributed by atoms with van der Waals surface area (Å²) in [6.45, 7) is 6.52. The summed E-state index contributed by atoms with van der Waals surface area (Å²) in [6, 6.07) is 0.133. The lowest BCUT2D eigenvalue weighted by molar-refractivity contribution is 0.599. The Hall–Kier alpha value is -0.380. The van der Waals surface area contributed by atoms with Crippen molar-refractivity contribution in [3.05, 3.63) is 12.2 Å². The van der Waals surface area contributed by atoms with Crippen molar-refractivity contribution >= 4 is 0 Å². The lowest BCUT2D eigenvalue weighted by Gasteiger charge is -2.09. The minimum absolute atomic E-state index is 0.133. The summed E-state index contributed by atoms with van der Waals surface area (Å²) >= 11 is 0. The van der Waals surface area contributed by atoms with Crippen molar-refractivity contribution in [2.45, 2.75) is 25.8 Å². The van der Waals surface area contributed by atoms with Gasteiger partial charge in [-0.3, -0.25) is 11.3 Å². The smallest absolute Gasteiger partial charge is 0.0248 e. The highest BCUT2D eigenvalue weighted by atomic mass is 15.2. The summed E-state index contributed by atoms with van der Waals surface area (Å²) in [5, 5.41) is 0. The van der Waals surface area contributed by atoms with Crippen molar-refractivity contribution in [1.82, 2.24) is 5.43 Å². The maximum atomic E-state index is 5.69. The van der Waals surface area contributed by atoms with E-state index in [0.717, 1.165) is 25.0 Å². The normalized spacial score (nSPS) is 13.1. The van der Waals surface area contributed by atoms with Gasteiger partial charge in [-0.25, -0.2) is 0 Å². The van der Waals surface area contributed by atoms with Gasteiger partial charge < -0.3 is 5.73 Å². The fourth-order valence-electron chi connectivity index (χ4n) is 0.670. The number of rotatable bonds is 5. The molecular formula is C7H17N3. The summed E-state index contributed by atoms with van der Waals surface area (Å²) in [7, 11) is 0. The first-order chi connectivity index (χ1) is 4.68. The van der Waals surface area contributed by atoms with E-state index in [-0.39, 0.29) is 6.04 Å². The predicted octanol–water partition coefficient (Wildman–Crippen LogP) is 0.133. The second-order valence-corrected chi connectivity index (χ2v) is 2.55. The SMILES string of the molecule is C=C(C)C(N)CCCNN. The molecular weight excluding hydrogens is 126 g/mol. The third-order valence-electron chi connectivity index (χ3n) is 1.47. The van der Waals surface area contributed by atoms with Crippen LogP contribution in [0.2, 0.25) is 0 Å². The van der Waals surface area contributed by atoms with Crippen molar-refractivity contribution in [2.75, 3.05) is 6.54 Å². The molecule has 1 unspecified atom stereocenters. The molecule has 5 N–H and O–H groups in total. The number of nitrogens with one attached hydrogen (secondary N) is 1. The molecule has 0 aromatic heterocycles. The first-order valence-corrected chi connectivity index (χ1v) is 3.53. The summed E-state index contributed by atoms with van der Waals surface area (Å²) in [4.78, 5) is 0. The molecule has 0 fully saturated rings. The van der Waals surface area contributed by atoms with Crippen molar-refractivity contribution in [3.63, 3.8) is 0 Å². The molecule has 60 valence electrons. The Morgan fingerprint density at radius 1 is 1.70 bits per heavy atom. The zero-order chi connectivity index (χ0) is 7.98. The first kappa shape index (κ1) is 9.62. The van der Waals surface area contributed by atoms with Gasteiger partial charge in [0.2, 0.25) is 0 Å². The van der Waals surface area contributed by atoms with E-state index in [2.05, 4.69) is 12.0 Å². The fourth-order valence-corrected chi connectivity index (χ4v) is 0.670. The fraction of sp³-hybridized carbons (Fsp3) is 0.714. The number of hydrogen-bond donors (Lipinski definition) is 3. The third-order valence-corrected chi connectivity index (χ3v) is 1.47. The predicted molar refractivity (Wildman–Crippen MR) is 44.2 cm³/mol. The van der Waals surface area contributed by atoms with Crippen LogP contribution in [0.3, 0.4) is 0 Å². The van der Waals surface area contributed by atoms with Crippen molar-refractivity contribution in [3.8, 4) is 0 Å². The highest BCUT2D eigenvalue weighted by molar-refractivity contribution is 4.99. The summed E-state index contributed by atoms with van der Waals surface area (Å²) < 4.78 is 0. The highest BCUT2D eigenvalue weighted by Gasteiger charge is 2.00. The molecule has 0 heterocycles. The van der Waals surface area contributed by atoms with Gasteiger partial charge in [0.1, 0.15) is 0 Å². The summed E-state index contributed by atoms with van der Waals surface area (Å²) in [6.07, 6.45) is 1.96. The minimum Gasteiger partial charge on any atom is -0.324 e. The van der Waals surface area contributed by atoms with Crippen LogP contribution in [0.1, 0.15) is 19.8 Å². The van der Waals surface area contributed by atoms with E-state index in [9.17, 15) is 0 Å². The van der Waals surface area contributed by atoms with E-state index < -0.39 is 0 Å². The van der Waals surface area contributed by atoms with E-state index in [0.29, 0.717) is 0 Å². The number of nitrogens with two attached hydrogens (primary N) is 2. The van der Waals surface area contributed by atoms with E-state index >= 15 is 0 Å². The Balaban J connectivity index is 3.21. The van der Waals surface area contributed by atoms with E-state index in [4.69, 9.17) is 11.6 Å². The largest absolute Gasteiger partial charge is 0.324 e. The topological polar surface area (TPSA) is 64.1 Å². The molecule has 0 rings (SSSR count). The van der Waals surface area contributed by atoms with Gasteiger partial charge in [0.15, 0.2) is 0 Å². The van der Waals surface area contributed by atoms with Crippen molar-refractivity contribution in [2.24, 2.45) is 11.6 Å². The van der Waals surface area contributed by atoms with Gasteiger partial charge in [0.05, 0.1) is 0 Å². The van der Waals surface area contributed by atoms with Crippen molar-refractivity contribution < 1.29 is 0 Å². The maximum Gasteiger partial charge on any atom is 0.0248 e. The molecule has 3 nitrogen and oxygen atoms in total. The van der Waals surface area contributed by atoms with Gasteiger partial charge in [0.25, 0.3) is 0 Å². The summed E-state index contributed by atoms with van der Waals surface area (Å²) in [5.74, 6) is 5.08. The van der Waals surface area contributed by atoms with Gasteiger partial charge in [-0.15, -0.1) is 0 Å². The Morgan fingerprint density at radius 2 is 2.30 bits per heavy atom. The average molecular weight is 143 g/mol. The first-order valence-electron chi connectivity index (χ1n) is 3.53. The second-order valence-electron chi connectivity index (χ2n) is 2.55. The average Bonchev–Trinajstić information content (AvgIpc) is 1.88. The monoisotopic (exact) mass is 143 g/mol. The maximum absolute atomic E-state index is 5.69. The van der Waals surface area contributed by atoms with E-state index in [1.54, 1.807) is 0 Å². The molecule has 0 aliphatic carbocycles. The summed E-state index contributed by atoms with van der Waals surface area (Å²) in [5.41, 5.74) is 9.30. The van der Waals surface area contributed by atoms with Crippen LogP contribution in [0.15, 0.2) is 12.2 Å². The van der Waals surface area contributed by atoms with Gasteiger partial charge in [0, 0.05) is 12.6 Å². The van der Waals surface area contributed by atoms with Crippen LogP contribution >= 0.6 is 0 Å². The van der Waals surface area contributed by atoms with Crippen LogP contribution in [0.25, 0.3) is 0 Å². The molecule has 0 aromatic rings. The molecule has 0 aliphatic rings. The Labute approximate surface area is 62.4 Å². The van der Waals surface area contributed by atoms with Gasteiger partial charge in [-0.1, -0.05) is 12.2 Å². The minimum atomic E-state index is 0.133. The highest BCUT2D eigenvalue weighted by Crippen LogP contribution is 2.01. The lowest BCUT2D eigenvalue weighted by Crippen LogP contribution is -2.26. The standard InChI is InChI=1S/C7H17N3/c1-6(2)7(8)4-3-5-10-9/h7,10H,1,3-5,8-9H2,2H3. The zero-order valence-electron chi connectivity index (χ0n) is 6.56. The van der Waals surface area contributed by atoms with Crippen LogP contribution in [-0.2, 0) is 0 Å². The third kappa shape index (κ3) is 4.49. The molecule has 0 bridgehead atoms. The molecule has 0 amide bonds. The van der Waals surface area contributed by atoms with Gasteiger partial charge in [-0.05, 0) is 19.8 Å². The number of hydrazine groups is 1. The van der Waals surface area contributed by atoms with Crippen LogP contribution in [0, 0.1) is 0 Å². The van der Waals surface area contributed by atoms with Gasteiger partial charge in [-0.2, -0.15) is 0 Å². The molecule has 0 spiro atoms. The molecule has 3 heteroatoms. The molecule has 1 atom stereocenters. The molecule has 0 saturated carbocycles. The Bertz CT molecular complexity index is 101. The van der Waals surface area contributed by atoms with Crippen LogP contribution in [0.4, 0.5) is 0 Å². The Morgan fingerprint density at radius 3 is 2.70 bits per heavy atom. The van der Waals surface area contributed by atoms with Crippen LogP contribution < -0.4 is 17.0 Å². The Kier molecular flexibility index (Phi) is 5.20. The van der Waals surface area contributed by atoms with Crippen molar-refractivity contribution in [1.29, 1.82) is 0 Å². The van der Waals surface area contributed by atoms with E-state index in [1.165, 1.54) is 0 Å².